The second-order valence-corrected chi connectivity index (χ2v) is 6.06. The Morgan fingerprint density at radius 1 is 1.00 bits per heavy atom. The zero-order valence-electron chi connectivity index (χ0n) is 12.6. The Hall–Kier alpha value is -1.77. The van der Waals surface area contributed by atoms with E-state index in [2.05, 4.69) is 9.78 Å². The summed E-state index contributed by atoms with van der Waals surface area (Å²) in [6.45, 7) is 3.43. The van der Waals surface area contributed by atoms with E-state index in [1.165, 1.54) is 6.07 Å². The van der Waals surface area contributed by atoms with Crippen molar-refractivity contribution in [2.24, 2.45) is 0 Å². The zero-order valence-corrected chi connectivity index (χ0v) is 13.4. The molecule has 0 amide bonds. The van der Waals surface area contributed by atoms with E-state index in [1.54, 1.807) is 13.8 Å². The summed E-state index contributed by atoms with van der Waals surface area (Å²) < 4.78 is 21.9. The van der Waals surface area contributed by atoms with Gasteiger partial charge in [0.1, 0.15) is 0 Å². The van der Waals surface area contributed by atoms with Crippen molar-refractivity contribution in [1.29, 1.82) is 0 Å². The molecule has 1 aromatic carbocycles. The van der Waals surface area contributed by atoms with Crippen LogP contribution in [0.2, 0.25) is 0 Å². The van der Waals surface area contributed by atoms with Gasteiger partial charge in [0.25, 0.3) is 0 Å². The molecule has 128 valence electrons. The molecule has 10 heteroatoms. The van der Waals surface area contributed by atoms with Gasteiger partial charge in [-0.3, -0.25) is 4.57 Å². The third-order valence-corrected chi connectivity index (χ3v) is 3.91. The SMILES string of the molecule is CCOOP(=O)(Cc1ccc(C(=O)O)c(C(=O)O)c1)OOCC. The summed E-state index contributed by atoms with van der Waals surface area (Å²) in [6, 6.07) is 3.50. The van der Waals surface area contributed by atoms with Crippen molar-refractivity contribution in [1.82, 2.24) is 0 Å². The van der Waals surface area contributed by atoms with Gasteiger partial charge in [-0.2, -0.15) is 0 Å². The predicted molar refractivity (Wildman–Crippen MR) is 77.1 cm³/mol. The fourth-order valence-electron chi connectivity index (χ4n) is 1.61. The number of carboxylic acids is 2. The van der Waals surface area contributed by atoms with Crippen molar-refractivity contribution in [2.45, 2.75) is 20.0 Å². The van der Waals surface area contributed by atoms with Gasteiger partial charge < -0.3 is 10.2 Å². The van der Waals surface area contributed by atoms with Crippen LogP contribution in [0.3, 0.4) is 0 Å². The van der Waals surface area contributed by atoms with Gasteiger partial charge in [-0.05, 0) is 31.5 Å². The van der Waals surface area contributed by atoms with Gasteiger partial charge in [0.05, 0.1) is 30.5 Å². The first-order valence-corrected chi connectivity index (χ1v) is 8.36. The van der Waals surface area contributed by atoms with Crippen LogP contribution in [0, 0.1) is 0 Å². The standard InChI is InChI=1S/C13H17O9P/c1-3-19-21-23(18,22-20-4-2)8-9-5-6-10(12(14)15)11(7-9)13(16)17/h5-7H,3-4,8H2,1-2H3,(H,14,15)(H,16,17). The van der Waals surface area contributed by atoms with Gasteiger partial charge in [0.2, 0.25) is 0 Å². The van der Waals surface area contributed by atoms with E-state index >= 15 is 0 Å². The van der Waals surface area contributed by atoms with Crippen LogP contribution in [0.1, 0.15) is 40.1 Å². The quantitative estimate of drug-likeness (QED) is 0.372. The minimum atomic E-state index is -3.85. The maximum absolute atomic E-state index is 12.4. The first-order chi connectivity index (χ1) is 10.8. The number of rotatable bonds is 10. The van der Waals surface area contributed by atoms with E-state index in [-0.39, 0.29) is 30.5 Å². The molecular formula is C13H17O9P. The average Bonchev–Trinajstić information content (AvgIpc) is 2.50. The number of carboxylic acid groups (broad SMARTS) is 2. The van der Waals surface area contributed by atoms with Crippen LogP contribution in [0.5, 0.6) is 0 Å². The second kappa shape index (κ2) is 8.76. The molecule has 0 fully saturated rings. The van der Waals surface area contributed by atoms with E-state index < -0.39 is 25.1 Å². The minimum Gasteiger partial charge on any atom is -0.478 e. The van der Waals surface area contributed by atoms with Crippen LogP contribution in [-0.2, 0) is 29.9 Å². The van der Waals surface area contributed by atoms with E-state index in [4.69, 9.17) is 19.6 Å². The van der Waals surface area contributed by atoms with Gasteiger partial charge >= 0.3 is 19.5 Å². The molecule has 0 aliphatic heterocycles. The monoisotopic (exact) mass is 348 g/mol. The highest BCUT2D eigenvalue weighted by molar-refractivity contribution is 7.52. The van der Waals surface area contributed by atoms with Crippen LogP contribution in [0.25, 0.3) is 0 Å². The van der Waals surface area contributed by atoms with E-state index in [1.807, 2.05) is 0 Å². The molecule has 0 atom stereocenters. The van der Waals surface area contributed by atoms with Crippen molar-refractivity contribution in [3.8, 4) is 0 Å². The molecule has 0 spiro atoms. The van der Waals surface area contributed by atoms with Crippen LogP contribution in [0.4, 0.5) is 0 Å². The van der Waals surface area contributed by atoms with Crippen molar-refractivity contribution in [3.05, 3.63) is 34.9 Å². The van der Waals surface area contributed by atoms with Crippen molar-refractivity contribution in [2.75, 3.05) is 13.2 Å². The van der Waals surface area contributed by atoms with Gasteiger partial charge in [0, 0.05) is 0 Å². The Balaban J connectivity index is 3.08. The molecule has 0 heterocycles. The van der Waals surface area contributed by atoms with Crippen LogP contribution >= 0.6 is 7.60 Å². The molecule has 0 radical (unpaired) electrons. The normalized spacial score (nSPS) is 11.4. The molecular weight excluding hydrogens is 331 g/mol. The Labute approximate surface area is 132 Å². The number of hydrogen-bond acceptors (Lipinski definition) is 7. The highest BCUT2D eigenvalue weighted by atomic mass is 31.2. The number of carbonyl (C=O) groups is 2. The van der Waals surface area contributed by atoms with Gasteiger partial charge in [0.15, 0.2) is 0 Å². The molecule has 1 rings (SSSR count). The molecule has 23 heavy (non-hydrogen) atoms. The minimum absolute atomic E-state index is 0.109. The lowest BCUT2D eigenvalue weighted by molar-refractivity contribution is -0.263. The summed E-state index contributed by atoms with van der Waals surface area (Å²) in [5.41, 5.74) is -0.586. The second-order valence-electron chi connectivity index (χ2n) is 4.22. The lowest BCUT2D eigenvalue weighted by Crippen LogP contribution is -2.09. The predicted octanol–water partition coefficient (Wildman–Crippen LogP) is 2.71. The van der Waals surface area contributed by atoms with Crippen molar-refractivity contribution >= 4 is 19.5 Å². The van der Waals surface area contributed by atoms with Crippen molar-refractivity contribution < 1.29 is 43.5 Å². The van der Waals surface area contributed by atoms with E-state index in [0.717, 1.165) is 12.1 Å². The molecule has 0 unspecified atom stereocenters. The summed E-state index contributed by atoms with van der Waals surface area (Å²) in [5, 5.41) is 18.0. The van der Waals surface area contributed by atoms with Crippen LogP contribution in [-0.4, -0.2) is 35.4 Å². The zero-order chi connectivity index (χ0) is 17.5. The Kier molecular flexibility index (Phi) is 7.34. The molecule has 0 saturated carbocycles. The van der Waals surface area contributed by atoms with Gasteiger partial charge in [-0.1, -0.05) is 6.07 Å². The fourth-order valence-corrected chi connectivity index (χ4v) is 2.91. The molecule has 0 bridgehead atoms. The molecule has 0 saturated heterocycles. The third kappa shape index (κ3) is 5.74. The molecule has 0 aliphatic carbocycles. The smallest absolute Gasteiger partial charge is 0.388 e. The molecule has 1 aromatic rings. The Morgan fingerprint density at radius 3 is 1.96 bits per heavy atom. The number of aromatic carboxylic acids is 2. The largest absolute Gasteiger partial charge is 0.478 e. The lowest BCUT2D eigenvalue weighted by Gasteiger charge is -2.16. The van der Waals surface area contributed by atoms with E-state index in [9.17, 15) is 14.2 Å². The highest BCUT2D eigenvalue weighted by Gasteiger charge is 2.29. The topological polar surface area (TPSA) is 129 Å². The fraction of sp³-hybridized carbons (Fsp3) is 0.385. The molecule has 0 aromatic heterocycles. The lowest BCUT2D eigenvalue weighted by atomic mass is 10.0. The van der Waals surface area contributed by atoms with Crippen LogP contribution in [0.15, 0.2) is 18.2 Å². The number of hydrogen-bond donors (Lipinski definition) is 2. The Bertz CT molecular complexity index is 601. The number of benzene rings is 1. The molecule has 9 nitrogen and oxygen atoms in total. The molecule has 2 N–H and O–H groups in total. The first-order valence-electron chi connectivity index (χ1n) is 6.64. The molecule has 0 aliphatic rings. The van der Waals surface area contributed by atoms with Gasteiger partial charge in [-0.15, -0.1) is 9.35 Å². The maximum atomic E-state index is 12.4. The maximum Gasteiger partial charge on any atom is 0.388 e. The summed E-state index contributed by atoms with van der Waals surface area (Å²) in [4.78, 5) is 31.4. The van der Waals surface area contributed by atoms with Gasteiger partial charge in [-0.25, -0.2) is 19.4 Å². The first kappa shape index (κ1) is 19.3. The van der Waals surface area contributed by atoms with Crippen molar-refractivity contribution in [3.63, 3.8) is 0 Å². The van der Waals surface area contributed by atoms with Crippen LogP contribution < -0.4 is 0 Å². The third-order valence-electron chi connectivity index (χ3n) is 2.49. The summed E-state index contributed by atoms with van der Waals surface area (Å²) in [6.07, 6.45) is -0.354. The van der Waals surface area contributed by atoms with E-state index in [0.29, 0.717) is 0 Å². The summed E-state index contributed by atoms with van der Waals surface area (Å²) in [5.74, 6) is -2.80. The highest BCUT2D eigenvalue weighted by Crippen LogP contribution is 2.52. The average molecular weight is 348 g/mol. The summed E-state index contributed by atoms with van der Waals surface area (Å²) in [7, 11) is -3.85. The Morgan fingerprint density at radius 2 is 1.52 bits per heavy atom. The summed E-state index contributed by atoms with van der Waals surface area (Å²) >= 11 is 0.